The van der Waals surface area contributed by atoms with Gasteiger partial charge in [0.25, 0.3) is 5.91 Å². The van der Waals surface area contributed by atoms with E-state index in [1.54, 1.807) is 18.7 Å². The van der Waals surface area contributed by atoms with Crippen molar-refractivity contribution in [3.8, 4) is 0 Å². The number of nitrogens with one attached hydrogen (secondary N) is 4. The van der Waals surface area contributed by atoms with Crippen LogP contribution in [0.1, 0.15) is 137 Å². The third kappa shape index (κ3) is 9.93. The Morgan fingerprint density at radius 3 is 2.11 bits per heavy atom. The van der Waals surface area contributed by atoms with Crippen LogP contribution >= 0.6 is 0 Å². The van der Waals surface area contributed by atoms with Gasteiger partial charge >= 0.3 is 6.03 Å². The lowest BCUT2D eigenvalue weighted by Crippen LogP contribution is -2.62. The van der Waals surface area contributed by atoms with Gasteiger partial charge in [0.15, 0.2) is 9.84 Å². The number of ketones is 1. The van der Waals surface area contributed by atoms with E-state index < -0.39 is 61.9 Å². The molecule has 5 aliphatic rings. The van der Waals surface area contributed by atoms with Crippen molar-refractivity contribution in [2.75, 3.05) is 25.5 Å². The molecule has 0 unspecified atom stereocenters. The normalized spacial score (nSPS) is 29.6. The third-order valence-corrected chi connectivity index (χ3v) is 15.5. The number of fused-ring (bicyclic) bond motifs is 3. The third-order valence-electron chi connectivity index (χ3n) is 12.8. The number of piperidine rings is 1. The van der Waals surface area contributed by atoms with Crippen molar-refractivity contribution in [3.63, 3.8) is 0 Å². The van der Waals surface area contributed by atoms with Gasteiger partial charge in [0, 0.05) is 19.2 Å². The summed E-state index contributed by atoms with van der Waals surface area (Å²) in [6, 6.07) is -3.32. The first-order valence-corrected chi connectivity index (χ1v) is 22.0. The zero-order valence-electron chi connectivity index (χ0n) is 32.7. The van der Waals surface area contributed by atoms with Gasteiger partial charge in [0.2, 0.25) is 17.6 Å². The molecule has 0 aromatic carbocycles. The lowest BCUT2D eigenvalue weighted by Gasteiger charge is -2.40. The minimum absolute atomic E-state index is 0.00980. The molecular weight excluding hydrogens is 699 g/mol. The molecule has 13 nitrogen and oxygen atoms in total. The fourth-order valence-corrected chi connectivity index (χ4v) is 10.7. The quantitative estimate of drug-likeness (QED) is 0.229. The van der Waals surface area contributed by atoms with Crippen molar-refractivity contribution in [2.24, 2.45) is 17.3 Å². The van der Waals surface area contributed by atoms with E-state index in [0.29, 0.717) is 51.7 Å². The summed E-state index contributed by atoms with van der Waals surface area (Å²) in [5.74, 6) is -2.37. The van der Waals surface area contributed by atoms with Gasteiger partial charge in [-0.25, -0.2) is 13.2 Å². The van der Waals surface area contributed by atoms with Crippen molar-refractivity contribution in [2.45, 2.75) is 172 Å². The number of nitrogens with zero attached hydrogens (tertiary/aromatic N) is 1. The summed E-state index contributed by atoms with van der Waals surface area (Å²) in [4.78, 5) is 70.4. The highest BCUT2D eigenvalue weighted by Gasteiger charge is 2.69. The summed E-state index contributed by atoms with van der Waals surface area (Å²) in [7, 11) is -3.70. The molecule has 5 amide bonds. The van der Waals surface area contributed by atoms with E-state index in [2.05, 4.69) is 35.1 Å². The Morgan fingerprint density at radius 2 is 1.49 bits per heavy atom. The number of hydrogen-bond acceptors (Lipinski definition) is 8. The Kier molecular flexibility index (Phi) is 13.3. The van der Waals surface area contributed by atoms with Crippen LogP contribution in [0.5, 0.6) is 0 Å². The van der Waals surface area contributed by atoms with Gasteiger partial charge in [-0.2, -0.15) is 0 Å². The van der Waals surface area contributed by atoms with Gasteiger partial charge < -0.3 is 30.9 Å². The molecule has 4 N–H and O–H groups in total. The summed E-state index contributed by atoms with van der Waals surface area (Å²) in [5, 5.41) is 11.7. The molecule has 3 aliphatic carbocycles. The molecule has 0 spiro atoms. The molecule has 0 bridgehead atoms. The number of hydrogen-bond donors (Lipinski definition) is 4. The van der Waals surface area contributed by atoms with Crippen LogP contribution in [0, 0.1) is 17.3 Å². The summed E-state index contributed by atoms with van der Waals surface area (Å²) in [5.41, 5.74) is -1.17. The topological polar surface area (TPSA) is 180 Å². The van der Waals surface area contributed by atoms with E-state index in [9.17, 15) is 32.4 Å². The maximum absolute atomic E-state index is 14.5. The second kappa shape index (κ2) is 17.0. The van der Waals surface area contributed by atoms with Crippen LogP contribution in [0.3, 0.4) is 0 Å². The molecule has 5 rings (SSSR count). The van der Waals surface area contributed by atoms with Crippen LogP contribution in [0.15, 0.2) is 0 Å². The number of sulfone groups is 1. The van der Waals surface area contributed by atoms with Crippen LogP contribution in [0.25, 0.3) is 0 Å². The van der Waals surface area contributed by atoms with Crippen molar-refractivity contribution in [3.05, 3.63) is 0 Å². The average Bonchev–Trinajstić information content (AvgIpc) is 3.95. The molecule has 0 aromatic rings. The predicted octanol–water partition coefficient (Wildman–Crippen LogP) is 3.93. The second-order valence-electron chi connectivity index (χ2n) is 17.8. The first-order chi connectivity index (χ1) is 25.0. The SMILES string of the molecule is CCOCC(C)(C)S(=O)(=O)CC1(NC(=O)N[C@@H]2CCCCCCCCC[C@H](C(=O)C(=O)NC3CC3)NC(=O)[C@@H]3[C@@H]4[C@H](CN3C2=O)C4(C)C)CCCCC1. The van der Waals surface area contributed by atoms with E-state index in [1.807, 2.05) is 6.92 Å². The number of carbonyl (C=O) groups is 5. The van der Waals surface area contributed by atoms with E-state index >= 15 is 0 Å². The monoisotopic (exact) mass is 763 g/mol. The van der Waals surface area contributed by atoms with Crippen molar-refractivity contribution >= 4 is 39.4 Å². The van der Waals surface area contributed by atoms with Gasteiger partial charge in [0.05, 0.1) is 28.7 Å². The van der Waals surface area contributed by atoms with Crippen LogP contribution in [-0.2, 0) is 33.8 Å². The molecule has 2 saturated heterocycles. The first-order valence-electron chi connectivity index (χ1n) is 20.4. The number of rotatable bonds is 11. The van der Waals surface area contributed by atoms with E-state index in [-0.39, 0.29) is 41.6 Å². The highest BCUT2D eigenvalue weighted by atomic mass is 32.2. The standard InChI is InChI=1S/C39H65N5O8S/c1-6-52-24-37(2,3)53(50,51)25-39(21-15-12-16-22-39)43-36(49)42-29-18-14-11-9-7-8-10-13-17-28(32(45)34(47)40-26-19-20-26)41-33(46)31-30-27(38(30,4)5)23-44(31)35(29)48/h26-31H,6-25H2,1-5H3,(H,40,47)(H,41,46)(H2,42,43,49)/t27-,28+,29+,30-,31-/m0/s1. The second-order valence-corrected chi connectivity index (χ2v) is 20.4. The lowest BCUT2D eigenvalue weighted by molar-refractivity contribution is -0.144. The molecule has 300 valence electrons. The highest BCUT2D eigenvalue weighted by molar-refractivity contribution is 7.92. The number of Topliss-reactive ketones (excluding diaryl/α,β-unsaturated/α-hetero) is 1. The Morgan fingerprint density at radius 1 is 0.887 bits per heavy atom. The fraction of sp³-hybridized carbons (Fsp3) is 0.872. The molecule has 14 heteroatoms. The van der Waals surface area contributed by atoms with Gasteiger partial charge in [-0.15, -0.1) is 0 Å². The van der Waals surface area contributed by atoms with Crippen LogP contribution in [0.2, 0.25) is 0 Å². The molecule has 0 aromatic heterocycles. The Bertz CT molecular complexity index is 1470. The molecule has 53 heavy (non-hydrogen) atoms. The zero-order chi connectivity index (χ0) is 38.6. The van der Waals surface area contributed by atoms with E-state index in [4.69, 9.17) is 4.74 Å². The maximum atomic E-state index is 14.5. The zero-order valence-corrected chi connectivity index (χ0v) is 33.5. The average molecular weight is 764 g/mol. The molecular formula is C39H65N5O8S. The summed E-state index contributed by atoms with van der Waals surface area (Å²) in [6.07, 6.45) is 12.0. The molecule has 3 saturated carbocycles. The lowest BCUT2D eigenvalue weighted by atomic mass is 9.83. The molecule has 5 atom stereocenters. The number of ether oxygens (including phenoxy) is 1. The largest absolute Gasteiger partial charge is 0.380 e. The summed E-state index contributed by atoms with van der Waals surface area (Å²) >= 11 is 0. The Balaban J connectivity index is 1.35. The predicted molar refractivity (Wildman–Crippen MR) is 202 cm³/mol. The first kappa shape index (κ1) is 41.4. The van der Waals surface area contributed by atoms with E-state index in [0.717, 1.165) is 64.2 Å². The number of carbonyl (C=O) groups excluding carboxylic acids is 5. The van der Waals surface area contributed by atoms with Gasteiger partial charge in [0.1, 0.15) is 12.1 Å². The van der Waals surface area contributed by atoms with Gasteiger partial charge in [-0.05, 0) is 76.5 Å². The van der Waals surface area contributed by atoms with Gasteiger partial charge in [-0.1, -0.05) is 78.1 Å². The summed E-state index contributed by atoms with van der Waals surface area (Å²) in [6.45, 7) is 10.1. The van der Waals surface area contributed by atoms with E-state index in [1.165, 1.54) is 0 Å². The molecule has 2 heterocycles. The minimum atomic E-state index is -3.70. The smallest absolute Gasteiger partial charge is 0.315 e. The van der Waals surface area contributed by atoms with Gasteiger partial charge in [-0.3, -0.25) is 19.2 Å². The number of amides is 5. The fourth-order valence-electron chi connectivity index (χ4n) is 8.99. The molecule has 5 fully saturated rings. The Hall–Kier alpha value is -2.74. The molecule has 2 aliphatic heterocycles. The highest BCUT2D eigenvalue weighted by Crippen LogP contribution is 2.65. The van der Waals surface area contributed by atoms with Crippen LogP contribution in [0.4, 0.5) is 4.79 Å². The van der Waals surface area contributed by atoms with Crippen LogP contribution in [-0.4, -0.2) is 103 Å². The maximum Gasteiger partial charge on any atom is 0.315 e. The summed E-state index contributed by atoms with van der Waals surface area (Å²) < 4.78 is 31.9. The minimum Gasteiger partial charge on any atom is -0.380 e. The van der Waals surface area contributed by atoms with Crippen molar-refractivity contribution in [1.29, 1.82) is 0 Å². The molecule has 0 radical (unpaired) electrons. The number of urea groups is 1. The van der Waals surface area contributed by atoms with Crippen molar-refractivity contribution < 1.29 is 37.1 Å². The Labute approximate surface area is 316 Å². The van der Waals surface area contributed by atoms with Crippen molar-refractivity contribution in [1.82, 2.24) is 26.2 Å². The van der Waals surface area contributed by atoms with Crippen LogP contribution < -0.4 is 21.3 Å².